The molecule has 0 saturated carbocycles. The van der Waals surface area contributed by atoms with Gasteiger partial charge in [0.2, 0.25) is 0 Å². The normalized spacial score (nSPS) is 22.9. The van der Waals surface area contributed by atoms with Crippen molar-refractivity contribution in [2.75, 3.05) is 6.54 Å². The van der Waals surface area contributed by atoms with Crippen LogP contribution in [0.3, 0.4) is 0 Å². The maximum Gasteiger partial charge on any atom is 0.0493 e. The highest BCUT2D eigenvalue weighted by molar-refractivity contribution is 5.84. The first kappa shape index (κ1) is 7.07. The first-order valence-corrected chi connectivity index (χ1v) is 4.73. The summed E-state index contributed by atoms with van der Waals surface area (Å²) in [7, 11) is 0. The van der Waals surface area contributed by atoms with Crippen molar-refractivity contribution in [3.8, 4) is 0 Å². The van der Waals surface area contributed by atoms with E-state index in [9.17, 15) is 0 Å². The highest BCUT2D eigenvalue weighted by Crippen LogP contribution is 2.31. The lowest BCUT2D eigenvalue weighted by molar-refractivity contribution is 0.806. The summed E-state index contributed by atoms with van der Waals surface area (Å²) in [6.45, 7) is 0.931. The molecule has 1 aromatic rings. The van der Waals surface area contributed by atoms with Gasteiger partial charge in [0.1, 0.15) is 0 Å². The molecule has 13 heavy (non-hydrogen) atoms. The fourth-order valence-electron chi connectivity index (χ4n) is 2.25. The molecule has 0 amide bonds. The van der Waals surface area contributed by atoms with Gasteiger partial charge in [0.05, 0.1) is 0 Å². The molecule has 1 heterocycles. The highest BCUT2D eigenvalue weighted by Gasteiger charge is 2.20. The van der Waals surface area contributed by atoms with Gasteiger partial charge >= 0.3 is 0 Å². The van der Waals surface area contributed by atoms with Crippen LogP contribution in [0, 0.1) is 0 Å². The average Bonchev–Trinajstić information content (AvgIpc) is 2.19. The summed E-state index contributed by atoms with van der Waals surface area (Å²) in [6, 6.07) is 6.52. The predicted molar refractivity (Wildman–Crippen MR) is 54.5 cm³/mol. The predicted octanol–water partition coefficient (Wildman–Crippen LogP) is 2.32. The lowest BCUT2D eigenvalue weighted by Crippen LogP contribution is -2.14. The van der Waals surface area contributed by atoms with Gasteiger partial charge in [-0.1, -0.05) is 30.4 Å². The van der Waals surface area contributed by atoms with Crippen LogP contribution in [0.1, 0.15) is 22.6 Å². The van der Waals surface area contributed by atoms with Gasteiger partial charge in [-0.05, 0) is 23.1 Å². The van der Waals surface area contributed by atoms with Crippen molar-refractivity contribution in [1.29, 1.82) is 0 Å². The third-order valence-electron chi connectivity index (χ3n) is 2.84. The minimum Gasteiger partial charge on any atom is -0.292 e. The Bertz CT molecular complexity index is 402. The zero-order valence-electron chi connectivity index (χ0n) is 7.40. The van der Waals surface area contributed by atoms with Crippen molar-refractivity contribution in [3.63, 3.8) is 0 Å². The number of rotatable bonds is 0. The molecule has 1 nitrogen and oxygen atoms in total. The Kier molecular flexibility index (Phi) is 1.39. The SMILES string of the molecule is C1=CC2CN=Cc3cccc(c32)C1. The van der Waals surface area contributed by atoms with Crippen LogP contribution in [0.2, 0.25) is 0 Å². The first-order valence-electron chi connectivity index (χ1n) is 4.73. The molecule has 1 aliphatic carbocycles. The zero-order valence-corrected chi connectivity index (χ0v) is 7.40. The molecule has 0 N–H and O–H groups in total. The first-order chi connectivity index (χ1) is 6.45. The lowest BCUT2D eigenvalue weighted by atomic mass is 9.83. The van der Waals surface area contributed by atoms with E-state index in [2.05, 4.69) is 35.3 Å². The quantitative estimate of drug-likeness (QED) is 0.528. The van der Waals surface area contributed by atoms with E-state index < -0.39 is 0 Å². The molecule has 1 unspecified atom stereocenters. The summed E-state index contributed by atoms with van der Waals surface area (Å²) in [5.74, 6) is 0.546. The van der Waals surface area contributed by atoms with Crippen LogP contribution in [0.5, 0.6) is 0 Å². The molecule has 1 atom stereocenters. The molecule has 0 bridgehead atoms. The van der Waals surface area contributed by atoms with E-state index in [1.165, 1.54) is 16.7 Å². The van der Waals surface area contributed by atoms with E-state index in [4.69, 9.17) is 0 Å². The third-order valence-corrected chi connectivity index (χ3v) is 2.84. The van der Waals surface area contributed by atoms with Crippen molar-refractivity contribution in [2.24, 2.45) is 4.99 Å². The monoisotopic (exact) mass is 169 g/mol. The fraction of sp³-hybridized carbons (Fsp3) is 0.250. The molecular formula is C12H11N. The Balaban J connectivity index is 2.29. The molecule has 0 saturated heterocycles. The number of hydrogen-bond acceptors (Lipinski definition) is 1. The molecule has 1 heteroatoms. The van der Waals surface area contributed by atoms with Crippen molar-refractivity contribution >= 4 is 6.21 Å². The zero-order chi connectivity index (χ0) is 8.67. The van der Waals surface area contributed by atoms with E-state index in [1.54, 1.807) is 0 Å². The van der Waals surface area contributed by atoms with Crippen molar-refractivity contribution in [1.82, 2.24) is 0 Å². The summed E-state index contributed by atoms with van der Waals surface area (Å²) in [5, 5.41) is 0. The second-order valence-corrected chi connectivity index (χ2v) is 3.65. The molecule has 2 aliphatic rings. The molecule has 0 fully saturated rings. The van der Waals surface area contributed by atoms with Crippen LogP contribution in [0.25, 0.3) is 0 Å². The largest absolute Gasteiger partial charge is 0.292 e. The van der Waals surface area contributed by atoms with Crippen LogP contribution in [0.4, 0.5) is 0 Å². The third kappa shape index (κ3) is 0.966. The van der Waals surface area contributed by atoms with Crippen LogP contribution >= 0.6 is 0 Å². The molecule has 0 spiro atoms. The van der Waals surface area contributed by atoms with E-state index in [0.717, 1.165) is 13.0 Å². The van der Waals surface area contributed by atoms with Gasteiger partial charge in [-0.15, -0.1) is 0 Å². The maximum absolute atomic E-state index is 4.37. The Hall–Kier alpha value is -1.37. The number of nitrogens with zero attached hydrogens (tertiary/aromatic N) is 1. The second kappa shape index (κ2) is 2.56. The van der Waals surface area contributed by atoms with Crippen molar-refractivity contribution < 1.29 is 0 Å². The summed E-state index contributed by atoms with van der Waals surface area (Å²) in [4.78, 5) is 4.37. The molecule has 0 aromatic heterocycles. The van der Waals surface area contributed by atoms with Gasteiger partial charge in [0.25, 0.3) is 0 Å². The van der Waals surface area contributed by atoms with Gasteiger partial charge in [0, 0.05) is 18.7 Å². The van der Waals surface area contributed by atoms with Crippen molar-refractivity contribution in [3.05, 3.63) is 47.0 Å². The molecule has 1 aromatic carbocycles. The van der Waals surface area contributed by atoms with Gasteiger partial charge in [-0.3, -0.25) is 4.99 Å². The molecule has 1 aliphatic heterocycles. The van der Waals surface area contributed by atoms with E-state index >= 15 is 0 Å². The average molecular weight is 169 g/mol. The van der Waals surface area contributed by atoms with E-state index in [1.807, 2.05) is 6.21 Å². The fourth-order valence-corrected chi connectivity index (χ4v) is 2.25. The Labute approximate surface area is 77.8 Å². The molecular weight excluding hydrogens is 158 g/mol. The van der Waals surface area contributed by atoms with Gasteiger partial charge in [0.15, 0.2) is 0 Å². The number of hydrogen-bond donors (Lipinski definition) is 0. The molecule has 64 valence electrons. The van der Waals surface area contributed by atoms with Gasteiger partial charge in [-0.25, -0.2) is 0 Å². The number of aliphatic imine (C=N–C) groups is 1. The number of benzene rings is 1. The standard InChI is InChI=1S/C12H11N/c1-3-9-4-2-6-11-8-13-7-10(5-1)12(9)11/h1-3,5-7,11H,4,8H2. The number of allylic oxidation sites excluding steroid dienone is 1. The molecule has 0 radical (unpaired) electrons. The summed E-state index contributed by atoms with van der Waals surface area (Å²) in [5.41, 5.74) is 4.31. The van der Waals surface area contributed by atoms with Gasteiger partial charge in [-0.2, -0.15) is 0 Å². The maximum atomic E-state index is 4.37. The Morgan fingerprint density at radius 2 is 2.31 bits per heavy atom. The lowest BCUT2D eigenvalue weighted by Gasteiger charge is -2.24. The summed E-state index contributed by atoms with van der Waals surface area (Å²) in [6.07, 6.45) is 7.65. The Morgan fingerprint density at radius 1 is 1.31 bits per heavy atom. The summed E-state index contributed by atoms with van der Waals surface area (Å²) < 4.78 is 0. The van der Waals surface area contributed by atoms with Crippen molar-refractivity contribution in [2.45, 2.75) is 12.3 Å². The van der Waals surface area contributed by atoms with Gasteiger partial charge < -0.3 is 0 Å². The highest BCUT2D eigenvalue weighted by atomic mass is 14.7. The van der Waals surface area contributed by atoms with Crippen LogP contribution in [-0.2, 0) is 6.42 Å². The van der Waals surface area contributed by atoms with E-state index in [0.29, 0.717) is 5.92 Å². The minimum atomic E-state index is 0.546. The Morgan fingerprint density at radius 3 is 3.31 bits per heavy atom. The van der Waals surface area contributed by atoms with Crippen LogP contribution < -0.4 is 0 Å². The summed E-state index contributed by atoms with van der Waals surface area (Å²) >= 11 is 0. The molecule has 3 rings (SSSR count). The second-order valence-electron chi connectivity index (χ2n) is 3.65. The smallest absolute Gasteiger partial charge is 0.0493 e. The van der Waals surface area contributed by atoms with E-state index in [-0.39, 0.29) is 0 Å². The van der Waals surface area contributed by atoms with Crippen LogP contribution in [0.15, 0.2) is 35.3 Å². The van der Waals surface area contributed by atoms with Crippen LogP contribution in [-0.4, -0.2) is 12.8 Å². The topological polar surface area (TPSA) is 12.4 Å². The minimum absolute atomic E-state index is 0.546.